The van der Waals surface area contributed by atoms with E-state index < -0.39 is 0 Å². The average Bonchev–Trinajstić information content (AvgIpc) is 2.37. The lowest BCUT2D eigenvalue weighted by Crippen LogP contribution is -1.94. The second-order valence-electron chi connectivity index (χ2n) is 3.40. The largest absolute Gasteiger partial charge is 0.493 e. The average molecular weight is 250 g/mol. The molecular formula is C13H12ClNO2. The van der Waals surface area contributed by atoms with Gasteiger partial charge in [0.05, 0.1) is 19.9 Å². The maximum absolute atomic E-state index is 5.95. The molecule has 2 aromatic rings. The van der Waals surface area contributed by atoms with Gasteiger partial charge in [-0.1, -0.05) is 17.7 Å². The number of methoxy groups -OCH3 is 2. The van der Waals surface area contributed by atoms with E-state index in [1.54, 1.807) is 32.5 Å². The van der Waals surface area contributed by atoms with Gasteiger partial charge in [-0.15, -0.1) is 0 Å². The van der Waals surface area contributed by atoms with Crippen molar-refractivity contribution in [2.45, 2.75) is 0 Å². The molecule has 17 heavy (non-hydrogen) atoms. The van der Waals surface area contributed by atoms with Gasteiger partial charge in [0.15, 0.2) is 11.5 Å². The van der Waals surface area contributed by atoms with E-state index >= 15 is 0 Å². The number of benzene rings is 1. The fraction of sp³-hybridized carbons (Fsp3) is 0.154. The number of rotatable bonds is 3. The van der Waals surface area contributed by atoms with Crippen molar-refractivity contribution in [2.24, 2.45) is 0 Å². The molecule has 4 heteroatoms. The van der Waals surface area contributed by atoms with Crippen LogP contribution in [0.15, 0.2) is 36.5 Å². The summed E-state index contributed by atoms with van der Waals surface area (Å²) in [6, 6.07) is 9.17. The van der Waals surface area contributed by atoms with E-state index in [0.717, 1.165) is 11.3 Å². The molecule has 2 rings (SSSR count). The summed E-state index contributed by atoms with van der Waals surface area (Å²) in [4.78, 5) is 4.27. The van der Waals surface area contributed by atoms with Gasteiger partial charge in [-0.25, -0.2) is 0 Å². The molecule has 1 aromatic carbocycles. The molecule has 0 saturated heterocycles. The third kappa shape index (κ3) is 2.34. The summed E-state index contributed by atoms with van der Waals surface area (Å²) in [7, 11) is 3.21. The minimum atomic E-state index is 0.639. The predicted molar refractivity (Wildman–Crippen MR) is 67.8 cm³/mol. The maximum atomic E-state index is 5.95. The third-order valence-corrected chi connectivity index (χ3v) is 2.64. The zero-order valence-corrected chi connectivity index (χ0v) is 10.4. The van der Waals surface area contributed by atoms with Crippen molar-refractivity contribution < 1.29 is 9.47 Å². The summed E-state index contributed by atoms with van der Waals surface area (Å²) in [5.74, 6) is 1.33. The fourth-order valence-corrected chi connectivity index (χ4v) is 1.80. The number of ether oxygens (including phenoxy) is 2. The first-order valence-corrected chi connectivity index (χ1v) is 5.47. The van der Waals surface area contributed by atoms with Crippen LogP contribution in [-0.4, -0.2) is 19.2 Å². The first-order chi connectivity index (χ1) is 8.26. The van der Waals surface area contributed by atoms with Crippen molar-refractivity contribution in [1.82, 2.24) is 4.98 Å². The van der Waals surface area contributed by atoms with Crippen molar-refractivity contribution >= 4 is 11.6 Å². The number of halogens is 1. The zero-order chi connectivity index (χ0) is 12.3. The van der Waals surface area contributed by atoms with Gasteiger partial charge < -0.3 is 9.47 Å². The van der Waals surface area contributed by atoms with E-state index in [1.165, 1.54) is 0 Å². The maximum Gasteiger partial charge on any atom is 0.170 e. The number of hydrogen-bond donors (Lipinski definition) is 0. The summed E-state index contributed by atoms with van der Waals surface area (Å²) in [5.41, 5.74) is 1.61. The van der Waals surface area contributed by atoms with Crippen LogP contribution >= 0.6 is 11.6 Å². The van der Waals surface area contributed by atoms with Crippen LogP contribution in [0.3, 0.4) is 0 Å². The van der Waals surface area contributed by atoms with Crippen LogP contribution in [-0.2, 0) is 0 Å². The molecule has 0 spiro atoms. The van der Waals surface area contributed by atoms with Gasteiger partial charge in [-0.2, -0.15) is 0 Å². The lowest BCUT2D eigenvalue weighted by molar-refractivity contribution is 0.356. The summed E-state index contributed by atoms with van der Waals surface area (Å²) in [6.45, 7) is 0. The highest BCUT2D eigenvalue weighted by Crippen LogP contribution is 2.37. The Morgan fingerprint density at radius 3 is 2.59 bits per heavy atom. The number of hydrogen-bond acceptors (Lipinski definition) is 3. The molecule has 1 heterocycles. The Hall–Kier alpha value is -1.74. The van der Waals surface area contributed by atoms with Gasteiger partial charge in [0.2, 0.25) is 0 Å². The molecule has 0 aliphatic carbocycles. The van der Waals surface area contributed by atoms with Crippen LogP contribution in [0, 0.1) is 0 Å². The quantitative estimate of drug-likeness (QED) is 0.835. The number of pyridine rings is 1. The van der Waals surface area contributed by atoms with Crippen molar-refractivity contribution in [2.75, 3.05) is 14.2 Å². The van der Waals surface area contributed by atoms with Crippen LogP contribution in [0.5, 0.6) is 11.5 Å². The van der Waals surface area contributed by atoms with Crippen LogP contribution in [0.25, 0.3) is 11.3 Å². The molecule has 0 fully saturated rings. The Bertz CT molecular complexity index is 529. The normalized spacial score (nSPS) is 10.1. The smallest absolute Gasteiger partial charge is 0.170 e. The lowest BCUT2D eigenvalue weighted by atomic mass is 10.1. The molecule has 0 saturated carbocycles. The SMILES string of the molecule is COc1cccc(-c2cc(Cl)ccn2)c1OC. The summed E-state index contributed by atoms with van der Waals surface area (Å²) < 4.78 is 10.6. The van der Waals surface area contributed by atoms with E-state index in [0.29, 0.717) is 16.5 Å². The zero-order valence-electron chi connectivity index (χ0n) is 9.61. The fourth-order valence-electron chi connectivity index (χ4n) is 1.64. The highest BCUT2D eigenvalue weighted by molar-refractivity contribution is 6.30. The molecule has 0 unspecified atom stereocenters. The van der Waals surface area contributed by atoms with Crippen LogP contribution in [0.1, 0.15) is 0 Å². The predicted octanol–water partition coefficient (Wildman–Crippen LogP) is 3.42. The Morgan fingerprint density at radius 2 is 1.94 bits per heavy atom. The van der Waals surface area contributed by atoms with Gasteiger partial charge in [0, 0.05) is 16.8 Å². The molecular weight excluding hydrogens is 238 g/mol. The van der Waals surface area contributed by atoms with Gasteiger partial charge in [-0.05, 0) is 24.3 Å². The van der Waals surface area contributed by atoms with Gasteiger partial charge in [-0.3, -0.25) is 4.98 Å². The molecule has 0 bridgehead atoms. The second kappa shape index (κ2) is 5.06. The van der Waals surface area contributed by atoms with Gasteiger partial charge in [0.1, 0.15) is 0 Å². The van der Waals surface area contributed by atoms with E-state index in [4.69, 9.17) is 21.1 Å². The van der Waals surface area contributed by atoms with Gasteiger partial charge >= 0.3 is 0 Å². The molecule has 0 amide bonds. The topological polar surface area (TPSA) is 31.4 Å². The molecule has 0 aliphatic rings. The minimum Gasteiger partial charge on any atom is -0.493 e. The van der Waals surface area contributed by atoms with E-state index in [-0.39, 0.29) is 0 Å². The Balaban J connectivity index is 2.59. The standard InChI is InChI=1S/C13H12ClNO2/c1-16-12-5-3-4-10(13(12)17-2)11-8-9(14)6-7-15-11/h3-8H,1-2H3. The number of aromatic nitrogens is 1. The molecule has 0 radical (unpaired) electrons. The molecule has 88 valence electrons. The Morgan fingerprint density at radius 1 is 1.12 bits per heavy atom. The monoisotopic (exact) mass is 249 g/mol. The van der Waals surface area contributed by atoms with Crippen molar-refractivity contribution in [1.29, 1.82) is 0 Å². The minimum absolute atomic E-state index is 0.639. The number of nitrogens with zero attached hydrogens (tertiary/aromatic N) is 1. The lowest BCUT2D eigenvalue weighted by Gasteiger charge is -2.12. The number of para-hydroxylation sites is 1. The van der Waals surface area contributed by atoms with Gasteiger partial charge in [0.25, 0.3) is 0 Å². The summed E-state index contributed by atoms with van der Waals surface area (Å²) >= 11 is 5.95. The van der Waals surface area contributed by atoms with Crippen LogP contribution < -0.4 is 9.47 Å². The highest BCUT2D eigenvalue weighted by Gasteiger charge is 2.12. The van der Waals surface area contributed by atoms with E-state index in [1.807, 2.05) is 18.2 Å². The first-order valence-electron chi connectivity index (χ1n) is 5.09. The van der Waals surface area contributed by atoms with Crippen molar-refractivity contribution in [3.8, 4) is 22.8 Å². The van der Waals surface area contributed by atoms with Crippen LogP contribution in [0.4, 0.5) is 0 Å². The molecule has 0 N–H and O–H groups in total. The van der Waals surface area contributed by atoms with Crippen molar-refractivity contribution in [3.05, 3.63) is 41.6 Å². The Kier molecular flexibility index (Phi) is 3.49. The second-order valence-corrected chi connectivity index (χ2v) is 3.84. The summed E-state index contributed by atoms with van der Waals surface area (Å²) in [6.07, 6.45) is 1.66. The Labute approximate surface area is 105 Å². The van der Waals surface area contributed by atoms with E-state index in [9.17, 15) is 0 Å². The summed E-state index contributed by atoms with van der Waals surface area (Å²) in [5, 5.41) is 0.639. The first kappa shape index (κ1) is 11.7. The van der Waals surface area contributed by atoms with Crippen LogP contribution in [0.2, 0.25) is 5.02 Å². The third-order valence-electron chi connectivity index (χ3n) is 2.40. The highest BCUT2D eigenvalue weighted by atomic mass is 35.5. The van der Waals surface area contributed by atoms with E-state index in [2.05, 4.69) is 4.98 Å². The van der Waals surface area contributed by atoms with Crippen molar-refractivity contribution in [3.63, 3.8) is 0 Å². The molecule has 0 atom stereocenters. The molecule has 3 nitrogen and oxygen atoms in total. The molecule has 0 aliphatic heterocycles. The molecule has 1 aromatic heterocycles.